The van der Waals surface area contributed by atoms with Crippen molar-refractivity contribution >= 4 is 16.9 Å². The van der Waals surface area contributed by atoms with E-state index in [4.69, 9.17) is 9.47 Å². The van der Waals surface area contributed by atoms with E-state index in [1.54, 1.807) is 6.07 Å². The SMILES string of the molecule is COC(=O)c1cc(OCCN(C)C)cc2c1c#cn2C(C)C. The third-order valence-corrected chi connectivity index (χ3v) is 3.38. The minimum absolute atomic E-state index is 0.219. The van der Waals surface area contributed by atoms with Gasteiger partial charge in [0.05, 0.1) is 23.6 Å². The van der Waals surface area contributed by atoms with Crippen LogP contribution in [-0.4, -0.2) is 49.8 Å². The lowest BCUT2D eigenvalue weighted by Gasteiger charge is -2.13. The number of carbonyl (C=O) groups is 1. The first-order chi connectivity index (χ1) is 10.4. The maximum Gasteiger partial charge on any atom is 0.339 e. The molecule has 5 nitrogen and oxygen atoms in total. The second-order valence-corrected chi connectivity index (χ2v) is 5.71. The number of likely N-dealkylation sites (N-methyl/N-ethyl adjacent to an activating group) is 1. The topological polar surface area (TPSA) is 43.7 Å². The largest absolute Gasteiger partial charge is 0.492 e. The molecular weight excluding hydrogens is 280 g/mol. The van der Waals surface area contributed by atoms with E-state index in [2.05, 4.69) is 26.1 Å². The van der Waals surface area contributed by atoms with Crippen molar-refractivity contribution in [2.75, 3.05) is 34.4 Å². The fourth-order valence-electron chi connectivity index (χ4n) is 2.21. The molecule has 1 aromatic heterocycles. The number of hydrogen-bond donors (Lipinski definition) is 0. The van der Waals surface area contributed by atoms with Gasteiger partial charge in [0.25, 0.3) is 0 Å². The van der Waals surface area contributed by atoms with E-state index in [9.17, 15) is 4.79 Å². The highest BCUT2D eigenvalue weighted by atomic mass is 16.5. The molecule has 0 spiro atoms. The highest BCUT2D eigenvalue weighted by Crippen LogP contribution is 2.27. The maximum atomic E-state index is 12.0. The Morgan fingerprint density at radius 1 is 1.36 bits per heavy atom. The number of fused-ring (bicyclic) bond motifs is 1. The second-order valence-electron chi connectivity index (χ2n) is 5.71. The van der Waals surface area contributed by atoms with Gasteiger partial charge < -0.3 is 14.4 Å². The smallest absolute Gasteiger partial charge is 0.339 e. The fourth-order valence-corrected chi connectivity index (χ4v) is 2.21. The number of esters is 1. The Labute approximate surface area is 131 Å². The Morgan fingerprint density at radius 2 is 2.09 bits per heavy atom. The Morgan fingerprint density at radius 3 is 2.68 bits per heavy atom. The van der Waals surface area contributed by atoms with Crippen LogP contribution in [0.25, 0.3) is 10.9 Å². The lowest BCUT2D eigenvalue weighted by molar-refractivity contribution is 0.0602. The van der Waals surface area contributed by atoms with E-state index in [1.807, 2.05) is 29.6 Å². The van der Waals surface area contributed by atoms with E-state index < -0.39 is 5.97 Å². The third kappa shape index (κ3) is 3.34. The molecule has 0 unspecified atom stereocenters. The average Bonchev–Trinajstić information content (AvgIpc) is 2.89. The first-order valence-electron chi connectivity index (χ1n) is 7.28. The Balaban J connectivity index is 2.44. The Bertz CT molecular complexity index is 659. The summed E-state index contributed by atoms with van der Waals surface area (Å²) in [5, 5.41) is 0.709. The zero-order chi connectivity index (χ0) is 16.3. The van der Waals surface area contributed by atoms with Gasteiger partial charge in [-0.15, -0.1) is 0 Å². The van der Waals surface area contributed by atoms with Crippen LogP contribution >= 0.6 is 0 Å². The molecule has 0 fully saturated rings. The van der Waals surface area contributed by atoms with Crippen LogP contribution in [0.1, 0.15) is 30.2 Å². The van der Waals surface area contributed by atoms with Gasteiger partial charge in [-0.2, -0.15) is 0 Å². The van der Waals surface area contributed by atoms with E-state index >= 15 is 0 Å². The van der Waals surface area contributed by atoms with Crippen LogP contribution in [-0.2, 0) is 4.74 Å². The van der Waals surface area contributed by atoms with Gasteiger partial charge in [-0.1, -0.05) is 0 Å². The molecule has 0 amide bonds. The zero-order valence-corrected chi connectivity index (χ0v) is 13.8. The first-order valence-corrected chi connectivity index (χ1v) is 7.28. The quantitative estimate of drug-likeness (QED) is 0.769. The second kappa shape index (κ2) is 6.71. The van der Waals surface area contributed by atoms with Crippen molar-refractivity contribution in [3.63, 3.8) is 0 Å². The van der Waals surface area contributed by atoms with Gasteiger partial charge in [0.1, 0.15) is 12.4 Å². The van der Waals surface area contributed by atoms with Crippen LogP contribution in [0.4, 0.5) is 0 Å². The van der Waals surface area contributed by atoms with Crippen LogP contribution < -0.4 is 4.74 Å². The Hall–Kier alpha value is -2.19. The minimum Gasteiger partial charge on any atom is -0.492 e. The number of rotatable bonds is 6. The highest BCUT2D eigenvalue weighted by Gasteiger charge is 2.16. The molecule has 1 aromatic carbocycles. The lowest BCUT2D eigenvalue weighted by atomic mass is 10.1. The number of aromatic nitrogens is 1. The molecule has 0 saturated heterocycles. The minimum atomic E-state index is -0.394. The van der Waals surface area contributed by atoms with Crippen LogP contribution in [0.5, 0.6) is 5.75 Å². The normalized spacial score (nSPS) is 11.0. The maximum absolute atomic E-state index is 12.0. The van der Waals surface area contributed by atoms with E-state index in [1.165, 1.54) is 7.11 Å². The summed E-state index contributed by atoms with van der Waals surface area (Å²) >= 11 is 0. The van der Waals surface area contributed by atoms with Crippen molar-refractivity contribution in [1.29, 1.82) is 0 Å². The molecule has 0 radical (unpaired) electrons. The monoisotopic (exact) mass is 302 g/mol. The van der Waals surface area contributed by atoms with Crippen molar-refractivity contribution < 1.29 is 14.3 Å². The summed E-state index contributed by atoms with van der Waals surface area (Å²) in [5.41, 5.74) is 1.33. The molecule has 22 heavy (non-hydrogen) atoms. The first kappa shape index (κ1) is 16.2. The van der Waals surface area contributed by atoms with Gasteiger partial charge in [0, 0.05) is 24.8 Å². The molecular formula is C17H22N2O3. The molecule has 0 N–H and O–H groups in total. The average molecular weight is 302 g/mol. The lowest BCUT2D eigenvalue weighted by Crippen LogP contribution is -2.19. The molecule has 2 aromatic rings. The van der Waals surface area contributed by atoms with E-state index in [0.717, 1.165) is 12.1 Å². The summed E-state index contributed by atoms with van der Waals surface area (Å²) in [6.07, 6.45) is 3.05. The van der Waals surface area contributed by atoms with Crippen molar-refractivity contribution in [2.24, 2.45) is 0 Å². The molecule has 1 heterocycles. The van der Waals surface area contributed by atoms with Crippen LogP contribution in [0.2, 0.25) is 0 Å². The van der Waals surface area contributed by atoms with Crippen LogP contribution in [0.15, 0.2) is 12.1 Å². The van der Waals surface area contributed by atoms with E-state index in [0.29, 0.717) is 23.3 Å². The van der Waals surface area contributed by atoms with E-state index in [-0.39, 0.29) is 6.04 Å². The van der Waals surface area contributed by atoms with Crippen molar-refractivity contribution in [1.82, 2.24) is 9.47 Å². The molecule has 0 saturated carbocycles. The van der Waals surface area contributed by atoms with Gasteiger partial charge in [-0.3, -0.25) is 4.57 Å². The predicted octanol–water partition coefficient (Wildman–Crippen LogP) is 2.55. The standard InChI is InChI=1S/C17H22N2O3/c1-12(2)19-7-6-14-15(17(20)21-5)10-13(11-16(14)19)22-9-8-18(3)4/h10-12H,8-9H2,1-5H3. The van der Waals surface area contributed by atoms with Crippen molar-refractivity contribution in [3.05, 3.63) is 30.0 Å². The molecule has 5 heteroatoms. The fraction of sp³-hybridized carbons (Fsp3) is 0.471. The van der Waals surface area contributed by atoms with Gasteiger partial charge in [-0.05, 0) is 40.1 Å². The zero-order valence-electron chi connectivity index (χ0n) is 13.8. The van der Waals surface area contributed by atoms with Gasteiger partial charge in [0.15, 0.2) is 0 Å². The molecule has 0 bridgehead atoms. The van der Waals surface area contributed by atoms with Gasteiger partial charge in [0.2, 0.25) is 0 Å². The number of benzene rings is 1. The van der Waals surface area contributed by atoms with Gasteiger partial charge >= 0.3 is 5.97 Å². The Kier molecular flexibility index (Phi) is 4.94. The third-order valence-electron chi connectivity index (χ3n) is 3.38. The highest BCUT2D eigenvalue weighted by molar-refractivity contribution is 6.03. The number of hydrogen-bond acceptors (Lipinski definition) is 4. The number of ether oxygens (including phenoxy) is 2. The predicted molar refractivity (Wildman–Crippen MR) is 85.4 cm³/mol. The molecule has 0 atom stereocenters. The number of carbonyl (C=O) groups excluding carboxylic acids is 1. The summed E-state index contributed by atoms with van der Waals surface area (Å²) in [6.45, 7) is 5.46. The molecule has 118 valence electrons. The van der Waals surface area contributed by atoms with Crippen LogP contribution in [0.3, 0.4) is 0 Å². The summed E-state index contributed by atoms with van der Waals surface area (Å²) in [6, 6.07) is 6.88. The molecule has 0 aliphatic heterocycles. The molecule has 0 aliphatic rings. The summed E-state index contributed by atoms with van der Waals surface area (Å²) in [7, 11) is 5.34. The number of methoxy groups -OCH3 is 1. The molecule has 2 rings (SSSR count). The summed E-state index contributed by atoms with van der Waals surface area (Å²) in [4.78, 5) is 14.1. The van der Waals surface area contributed by atoms with Gasteiger partial charge in [-0.25, -0.2) is 4.79 Å². The summed E-state index contributed by atoms with van der Waals surface area (Å²) in [5.74, 6) is 0.256. The van der Waals surface area contributed by atoms with Crippen molar-refractivity contribution in [2.45, 2.75) is 19.9 Å². The van der Waals surface area contributed by atoms with Crippen molar-refractivity contribution in [3.8, 4) is 5.75 Å². The van der Waals surface area contributed by atoms with Crippen LogP contribution in [0, 0.1) is 12.3 Å². The molecule has 0 aliphatic carbocycles. The summed E-state index contributed by atoms with van der Waals surface area (Å²) < 4.78 is 12.6. The number of nitrogens with zero attached hydrogens (tertiary/aromatic N) is 2.